The normalized spacial score (nSPS) is 22.4. The van der Waals surface area contributed by atoms with Crippen molar-refractivity contribution in [2.45, 2.75) is 24.9 Å². The minimum absolute atomic E-state index is 0.0567. The molecule has 6 heteroatoms. The molecule has 0 saturated carbocycles. The van der Waals surface area contributed by atoms with Crippen LogP contribution in [0.3, 0.4) is 0 Å². The van der Waals surface area contributed by atoms with E-state index in [-0.39, 0.29) is 18.4 Å². The van der Waals surface area contributed by atoms with E-state index in [0.717, 1.165) is 18.5 Å². The van der Waals surface area contributed by atoms with Crippen LogP contribution in [-0.4, -0.2) is 55.7 Å². The molecule has 4 rings (SSSR count). The van der Waals surface area contributed by atoms with Crippen LogP contribution in [0.25, 0.3) is 0 Å². The Bertz CT molecular complexity index is 885. The van der Waals surface area contributed by atoms with Crippen molar-refractivity contribution >= 4 is 17.5 Å². The minimum atomic E-state index is -0.998. The number of nitrogens with zero attached hydrogens (tertiary/aromatic N) is 2. The summed E-state index contributed by atoms with van der Waals surface area (Å²) in [5.74, 6) is 0.350. The molecule has 6 nitrogen and oxygen atoms in total. The Labute approximate surface area is 171 Å². The summed E-state index contributed by atoms with van der Waals surface area (Å²) in [6, 6.07) is 16.9. The van der Waals surface area contributed by atoms with Gasteiger partial charge in [0.05, 0.1) is 25.8 Å². The molecular formula is C23H26N2O4. The van der Waals surface area contributed by atoms with Gasteiger partial charge in [-0.15, -0.1) is 0 Å². The Morgan fingerprint density at radius 1 is 1.03 bits per heavy atom. The Morgan fingerprint density at radius 2 is 1.79 bits per heavy atom. The molecule has 2 aromatic rings. The average Bonchev–Trinajstić information content (AvgIpc) is 2.93. The second-order valence-electron chi connectivity index (χ2n) is 7.52. The van der Waals surface area contributed by atoms with Crippen LogP contribution in [-0.2, 0) is 9.53 Å². The van der Waals surface area contributed by atoms with Crippen LogP contribution in [0.2, 0.25) is 0 Å². The van der Waals surface area contributed by atoms with Crippen LogP contribution in [0.5, 0.6) is 5.75 Å². The molecule has 2 saturated heterocycles. The number of methoxy groups -OCH3 is 1. The summed E-state index contributed by atoms with van der Waals surface area (Å²) in [6.07, 6.45) is 2.41. The third-order valence-electron chi connectivity index (χ3n) is 5.73. The molecule has 0 radical (unpaired) electrons. The number of rotatable bonds is 3. The number of amides is 2. The summed E-state index contributed by atoms with van der Waals surface area (Å²) in [5, 5.41) is 0. The van der Waals surface area contributed by atoms with Gasteiger partial charge in [-0.25, -0.2) is 0 Å². The predicted molar refractivity (Wildman–Crippen MR) is 110 cm³/mol. The number of carbonyl (C=O) groups excluding carboxylic acids is 2. The second-order valence-corrected chi connectivity index (χ2v) is 7.52. The van der Waals surface area contributed by atoms with Crippen molar-refractivity contribution in [3.8, 4) is 5.75 Å². The van der Waals surface area contributed by atoms with Gasteiger partial charge in [0.2, 0.25) is 0 Å². The van der Waals surface area contributed by atoms with E-state index in [0.29, 0.717) is 37.4 Å². The molecule has 2 aliphatic heterocycles. The summed E-state index contributed by atoms with van der Waals surface area (Å²) in [5.41, 5.74) is 0.381. The summed E-state index contributed by atoms with van der Waals surface area (Å²) < 4.78 is 11.5. The SMILES string of the molecule is COc1ccccc1C(=O)N1CCOC2(CCCCN(c3ccccc3)C2=O)C1. The van der Waals surface area contributed by atoms with E-state index in [4.69, 9.17) is 9.47 Å². The van der Waals surface area contributed by atoms with E-state index in [2.05, 4.69) is 0 Å². The second kappa shape index (κ2) is 8.25. The van der Waals surface area contributed by atoms with Crippen LogP contribution < -0.4 is 9.64 Å². The first-order chi connectivity index (χ1) is 14.1. The third kappa shape index (κ3) is 3.72. The number of morpholine rings is 1. The number of anilines is 1. The van der Waals surface area contributed by atoms with Crippen LogP contribution in [0.4, 0.5) is 5.69 Å². The van der Waals surface area contributed by atoms with E-state index in [1.807, 2.05) is 47.4 Å². The van der Waals surface area contributed by atoms with Gasteiger partial charge in [-0.05, 0) is 43.5 Å². The van der Waals surface area contributed by atoms with Crippen LogP contribution >= 0.6 is 0 Å². The lowest BCUT2D eigenvalue weighted by molar-refractivity contribution is -0.155. The number of hydrogen-bond acceptors (Lipinski definition) is 4. The largest absolute Gasteiger partial charge is 0.496 e. The zero-order chi connectivity index (χ0) is 20.3. The highest BCUT2D eigenvalue weighted by molar-refractivity contribution is 6.01. The van der Waals surface area contributed by atoms with Crippen molar-refractivity contribution in [2.24, 2.45) is 0 Å². The van der Waals surface area contributed by atoms with E-state index >= 15 is 0 Å². The monoisotopic (exact) mass is 394 g/mol. The number of para-hydroxylation sites is 2. The Balaban J connectivity index is 1.61. The van der Waals surface area contributed by atoms with Gasteiger partial charge < -0.3 is 19.3 Å². The van der Waals surface area contributed by atoms with Crippen molar-refractivity contribution in [2.75, 3.05) is 38.3 Å². The quantitative estimate of drug-likeness (QED) is 0.803. The maximum Gasteiger partial charge on any atom is 0.261 e. The third-order valence-corrected chi connectivity index (χ3v) is 5.73. The first-order valence-corrected chi connectivity index (χ1v) is 10.1. The van der Waals surface area contributed by atoms with Gasteiger partial charge in [0.1, 0.15) is 5.75 Å². The van der Waals surface area contributed by atoms with Gasteiger partial charge in [-0.2, -0.15) is 0 Å². The van der Waals surface area contributed by atoms with E-state index < -0.39 is 5.60 Å². The molecule has 29 heavy (non-hydrogen) atoms. The summed E-state index contributed by atoms with van der Waals surface area (Å²) in [6.45, 7) is 1.72. The zero-order valence-corrected chi connectivity index (χ0v) is 16.7. The molecular weight excluding hydrogens is 368 g/mol. The smallest absolute Gasteiger partial charge is 0.261 e. The van der Waals surface area contributed by atoms with E-state index in [1.54, 1.807) is 24.1 Å². The van der Waals surface area contributed by atoms with Crippen LogP contribution in [0, 0.1) is 0 Å². The molecule has 2 aromatic carbocycles. The Hall–Kier alpha value is -2.86. The molecule has 0 N–H and O–H groups in total. The van der Waals surface area contributed by atoms with Gasteiger partial charge in [0, 0.05) is 18.8 Å². The fourth-order valence-electron chi connectivity index (χ4n) is 4.22. The Kier molecular flexibility index (Phi) is 5.53. The lowest BCUT2D eigenvalue weighted by atomic mass is 9.93. The fraction of sp³-hybridized carbons (Fsp3) is 0.391. The van der Waals surface area contributed by atoms with Gasteiger partial charge in [-0.1, -0.05) is 30.3 Å². The van der Waals surface area contributed by atoms with Gasteiger partial charge in [0.25, 0.3) is 11.8 Å². The summed E-state index contributed by atoms with van der Waals surface area (Å²) in [7, 11) is 1.56. The molecule has 1 spiro atoms. The predicted octanol–water partition coefficient (Wildman–Crippen LogP) is 3.12. The molecule has 1 atom stereocenters. The van der Waals surface area contributed by atoms with E-state index in [1.165, 1.54) is 0 Å². The molecule has 0 aliphatic carbocycles. The molecule has 2 aliphatic rings. The van der Waals surface area contributed by atoms with Gasteiger partial charge in [0.15, 0.2) is 5.60 Å². The molecule has 2 fully saturated rings. The lowest BCUT2D eigenvalue weighted by Crippen LogP contribution is -2.61. The first-order valence-electron chi connectivity index (χ1n) is 10.1. The summed E-state index contributed by atoms with van der Waals surface area (Å²) in [4.78, 5) is 30.3. The topological polar surface area (TPSA) is 59.1 Å². The number of ether oxygens (including phenoxy) is 2. The molecule has 2 heterocycles. The Morgan fingerprint density at radius 3 is 2.59 bits per heavy atom. The maximum atomic E-state index is 13.6. The van der Waals surface area contributed by atoms with Crippen molar-refractivity contribution in [3.63, 3.8) is 0 Å². The van der Waals surface area contributed by atoms with Crippen molar-refractivity contribution in [3.05, 3.63) is 60.2 Å². The number of hydrogen-bond donors (Lipinski definition) is 0. The number of carbonyl (C=O) groups is 2. The van der Waals surface area contributed by atoms with Crippen molar-refractivity contribution in [1.82, 2.24) is 4.90 Å². The molecule has 0 bridgehead atoms. The highest BCUT2D eigenvalue weighted by atomic mass is 16.5. The highest BCUT2D eigenvalue weighted by Gasteiger charge is 2.48. The minimum Gasteiger partial charge on any atom is -0.496 e. The number of benzene rings is 2. The average molecular weight is 394 g/mol. The first kappa shape index (κ1) is 19.5. The standard InChI is InChI=1S/C23H26N2O4/c1-28-20-12-6-5-11-19(20)21(26)24-15-16-29-23(17-24)13-7-8-14-25(22(23)27)18-9-3-2-4-10-18/h2-6,9-12H,7-8,13-17H2,1H3. The highest BCUT2D eigenvalue weighted by Crippen LogP contribution is 2.33. The summed E-state index contributed by atoms with van der Waals surface area (Å²) >= 11 is 0. The fourth-order valence-corrected chi connectivity index (χ4v) is 4.22. The van der Waals surface area contributed by atoms with Crippen LogP contribution in [0.1, 0.15) is 29.6 Å². The zero-order valence-electron chi connectivity index (χ0n) is 16.7. The van der Waals surface area contributed by atoms with Crippen molar-refractivity contribution < 1.29 is 19.1 Å². The molecule has 2 amide bonds. The van der Waals surface area contributed by atoms with Gasteiger partial charge >= 0.3 is 0 Å². The maximum absolute atomic E-state index is 13.6. The molecule has 0 aromatic heterocycles. The van der Waals surface area contributed by atoms with Crippen LogP contribution in [0.15, 0.2) is 54.6 Å². The van der Waals surface area contributed by atoms with Gasteiger partial charge in [-0.3, -0.25) is 9.59 Å². The molecule has 1 unspecified atom stereocenters. The molecule has 152 valence electrons. The van der Waals surface area contributed by atoms with E-state index in [9.17, 15) is 9.59 Å². The van der Waals surface area contributed by atoms with Crippen molar-refractivity contribution in [1.29, 1.82) is 0 Å². The lowest BCUT2D eigenvalue weighted by Gasteiger charge is -2.42.